The molecule has 0 saturated heterocycles. The van der Waals surface area contributed by atoms with Crippen molar-refractivity contribution in [1.29, 1.82) is 0 Å². The zero-order valence-electron chi connectivity index (χ0n) is 13.2. The molecule has 0 spiro atoms. The molecule has 23 heavy (non-hydrogen) atoms. The molecule has 0 aliphatic carbocycles. The highest BCUT2D eigenvalue weighted by atomic mass is 16.5. The lowest BCUT2D eigenvalue weighted by Gasteiger charge is -2.03. The third kappa shape index (κ3) is 5.11. The summed E-state index contributed by atoms with van der Waals surface area (Å²) in [6.45, 7) is 2.07. The summed E-state index contributed by atoms with van der Waals surface area (Å²) in [7, 11) is 1.60. The van der Waals surface area contributed by atoms with Crippen LogP contribution >= 0.6 is 0 Å². The van der Waals surface area contributed by atoms with Crippen molar-refractivity contribution < 1.29 is 14.3 Å². The molecule has 0 aliphatic rings. The summed E-state index contributed by atoms with van der Waals surface area (Å²) in [6, 6.07) is 16.9. The highest BCUT2D eigenvalue weighted by molar-refractivity contribution is 6.42. The van der Waals surface area contributed by atoms with E-state index in [1.54, 1.807) is 44.4 Å². The maximum atomic E-state index is 12.1. The van der Waals surface area contributed by atoms with Gasteiger partial charge in [0.15, 0.2) is 0 Å². The normalized spacial score (nSPS) is 11.5. The van der Waals surface area contributed by atoms with E-state index in [2.05, 4.69) is 4.99 Å². The second-order valence-electron chi connectivity index (χ2n) is 4.66. The Morgan fingerprint density at radius 2 is 1.78 bits per heavy atom. The average Bonchev–Trinajstić information content (AvgIpc) is 2.60. The summed E-state index contributed by atoms with van der Waals surface area (Å²) in [5.41, 5.74) is 1.90. The summed E-state index contributed by atoms with van der Waals surface area (Å²) < 4.78 is 10.2. The third-order valence-electron chi connectivity index (χ3n) is 3.04. The van der Waals surface area contributed by atoms with Crippen molar-refractivity contribution >= 4 is 23.4 Å². The van der Waals surface area contributed by atoms with Crippen molar-refractivity contribution in [2.24, 2.45) is 4.99 Å². The first kappa shape index (κ1) is 16.5. The van der Waals surface area contributed by atoms with E-state index in [1.165, 1.54) is 0 Å². The predicted molar refractivity (Wildman–Crippen MR) is 92.2 cm³/mol. The third-order valence-corrected chi connectivity index (χ3v) is 3.04. The smallest absolute Gasteiger partial charge is 0.356 e. The number of methoxy groups -OCH3 is 1. The fraction of sp³-hybridized carbons (Fsp3) is 0.158. The van der Waals surface area contributed by atoms with Gasteiger partial charge in [0.05, 0.1) is 19.4 Å². The van der Waals surface area contributed by atoms with Gasteiger partial charge in [0, 0.05) is 0 Å². The largest absolute Gasteiger partial charge is 0.497 e. The summed E-state index contributed by atoms with van der Waals surface area (Å²) in [6.07, 6.45) is 3.50. The zero-order valence-corrected chi connectivity index (χ0v) is 13.2. The van der Waals surface area contributed by atoms with E-state index in [-0.39, 0.29) is 5.71 Å². The van der Waals surface area contributed by atoms with E-state index in [0.717, 1.165) is 11.3 Å². The van der Waals surface area contributed by atoms with Crippen LogP contribution in [0.5, 0.6) is 5.75 Å². The van der Waals surface area contributed by atoms with Gasteiger partial charge in [0.1, 0.15) is 11.5 Å². The molecule has 0 aromatic heterocycles. The molecule has 0 unspecified atom stereocenters. The van der Waals surface area contributed by atoms with Gasteiger partial charge in [-0.1, -0.05) is 36.4 Å². The number of hydrogen-bond acceptors (Lipinski definition) is 4. The molecule has 0 saturated carbocycles. The van der Waals surface area contributed by atoms with Crippen LogP contribution in [-0.2, 0) is 9.53 Å². The van der Waals surface area contributed by atoms with E-state index < -0.39 is 5.97 Å². The molecule has 4 nitrogen and oxygen atoms in total. The lowest BCUT2D eigenvalue weighted by atomic mass is 10.2. The number of carbonyl (C=O) groups is 1. The Bertz CT molecular complexity index is 688. The van der Waals surface area contributed by atoms with Gasteiger partial charge in [0.25, 0.3) is 0 Å². The van der Waals surface area contributed by atoms with Gasteiger partial charge in [0.2, 0.25) is 0 Å². The highest BCUT2D eigenvalue weighted by Gasteiger charge is 2.09. The van der Waals surface area contributed by atoms with Crippen molar-refractivity contribution in [2.45, 2.75) is 6.92 Å². The Balaban J connectivity index is 2.27. The fourth-order valence-corrected chi connectivity index (χ4v) is 1.89. The molecular formula is C19H19NO3. The number of benzene rings is 2. The lowest BCUT2D eigenvalue weighted by molar-refractivity contribution is -0.134. The summed E-state index contributed by atoms with van der Waals surface area (Å²) in [5, 5.41) is 0. The van der Waals surface area contributed by atoms with E-state index in [0.29, 0.717) is 12.3 Å². The van der Waals surface area contributed by atoms with Crippen LogP contribution in [0, 0.1) is 0 Å². The molecule has 0 atom stereocenters. The number of aliphatic imine (C=N–C) groups is 1. The number of carbonyl (C=O) groups excluding carboxylic acids is 1. The Morgan fingerprint density at radius 1 is 1.09 bits per heavy atom. The minimum absolute atomic E-state index is 0.251. The summed E-state index contributed by atoms with van der Waals surface area (Å²) in [4.78, 5) is 16.4. The summed E-state index contributed by atoms with van der Waals surface area (Å²) in [5.74, 6) is 0.289. The molecule has 118 valence electrons. The van der Waals surface area contributed by atoms with Crippen LogP contribution in [0.1, 0.15) is 12.5 Å². The molecule has 0 bridgehead atoms. The first-order chi connectivity index (χ1) is 11.2. The Labute approximate surface area is 136 Å². The fourth-order valence-electron chi connectivity index (χ4n) is 1.89. The van der Waals surface area contributed by atoms with Gasteiger partial charge in [-0.05, 0) is 42.8 Å². The predicted octanol–water partition coefficient (Wildman–Crippen LogP) is 4.04. The van der Waals surface area contributed by atoms with Crippen LogP contribution in [-0.4, -0.2) is 25.4 Å². The Hall–Kier alpha value is -2.88. The average molecular weight is 309 g/mol. The monoisotopic (exact) mass is 309 g/mol. The minimum atomic E-state index is -0.449. The minimum Gasteiger partial charge on any atom is -0.497 e. The molecule has 4 heteroatoms. The van der Waals surface area contributed by atoms with Crippen LogP contribution in [0.4, 0.5) is 5.69 Å². The van der Waals surface area contributed by atoms with Crippen LogP contribution in [0.25, 0.3) is 6.08 Å². The number of nitrogens with zero attached hydrogens (tertiary/aromatic N) is 1. The second-order valence-corrected chi connectivity index (χ2v) is 4.66. The van der Waals surface area contributed by atoms with Crippen molar-refractivity contribution in [1.82, 2.24) is 0 Å². The molecule has 0 aliphatic heterocycles. The summed E-state index contributed by atoms with van der Waals surface area (Å²) >= 11 is 0. The maximum absolute atomic E-state index is 12.1. The van der Waals surface area contributed by atoms with Crippen LogP contribution < -0.4 is 4.74 Å². The number of rotatable bonds is 6. The molecule has 0 radical (unpaired) electrons. The van der Waals surface area contributed by atoms with Gasteiger partial charge in [-0.15, -0.1) is 0 Å². The van der Waals surface area contributed by atoms with Crippen LogP contribution in [0.2, 0.25) is 0 Å². The topological polar surface area (TPSA) is 47.9 Å². The Kier molecular flexibility index (Phi) is 6.12. The van der Waals surface area contributed by atoms with Gasteiger partial charge < -0.3 is 9.47 Å². The van der Waals surface area contributed by atoms with Gasteiger partial charge in [-0.2, -0.15) is 0 Å². The van der Waals surface area contributed by atoms with E-state index in [9.17, 15) is 4.79 Å². The van der Waals surface area contributed by atoms with Gasteiger partial charge >= 0.3 is 5.97 Å². The maximum Gasteiger partial charge on any atom is 0.356 e. The molecular weight excluding hydrogens is 290 g/mol. The number of hydrogen-bond donors (Lipinski definition) is 0. The molecule has 2 aromatic rings. The molecule has 2 rings (SSSR count). The van der Waals surface area contributed by atoms with Crippen molar-refractivity contribution in [3.05, 3.63) is 66.2 Å². The molecule has 2 aromatic carbocycles. The SMILES string of the molecule is CCOC(=O)C(/C=C/c1ccccc1)=Nc1ccc(OC)cc1. The quantitative estimate of drug-likeness (QED) is 0.597. The number of ether oxygens (including phenoxy) is 2. The Morgan fingerprint density at radius 3 is 2.39 bits per heavy atom. The van der Waals surface area contributed by atoms with Crippen molar-refractivity contribution in [3.8, 4) is 5.75 Å². The van der Waals surface area contributed by atoms with Crippen molar-refractivity contribution in [3.63, 3.8) is 0 Å². The first-order valence-corrected chi connectivity index (χ1v) is 7.36. The highest BCUT2D eigenvalue weighted by Crippen LogP contribution is 2.18. The molecule has 0 N–H and O–H groups in total. The second kappa shape index (κ2) is 8.54. The molecule has 0 amide bonds. The van der Waals surface area contributed by atoms with Gasteiger partial charge in [-0.3, -0.25) is 0 Å². The lowest BCUT2D eigenvalue weighted by Crippen LogP contribution is -2.15. The van der Waals surface area contributed by atoms with Crippen LogP contribution in [0.15, 0.2) is 65.7 Å². The standard InChI is InChI=1S/C19H19NO3/c1-3-23-19(21)18(14-9-15-7-5-4-6-8-15)20-16-10-12-17(22-2)13-11-16/h4-14H,3H2,1-2H3/b14-9+,20-18?. The van der Waals surface area contributed by atoms with Crippen molar-refractivity contribution in [2.75, 3.05) is 13.7 Å². The van der Waals surface area contributed by atoms with E-state index in [4.69, 9.17) is 9.47 Å². The number of esters is 1. The van der Waals surface area contributed by atoms with E-state index >= 15 is 0 Å². The molecule has 0 fully saturated rings. The zero-order chi connectivity index (χ0) is 16.5. The van der Waals surface area contributed by atoms with E-state index in [1.807, 2.05) is 36.4 Å². The van der Waals surface area contributed by atoms with Gasteiger partial charge in [-0.25, -0.2) is 9.79 Å². The molecule has 0 heterocycles. The van der Waals surface area contributed by atoms with Crippen LogP contribution in [0.3, 0.4) is 0 Å². The first-order valence-electron chi connectivity index (χ1n) is 7.36.